The van der Waals surface area contributed by atoms with Gasteiger partial charge in [0.1, 0.15) is 5.84 Å². The Morgan fingerprint density at radius 1 is 0.967 bits per heavy atom. The second kappa shape index (κ2) is 7.56. The van der Waals surface area contributed by atoms with Crippen LogP contribution in [0.2, 0.25) is 0 Å². The van der Waals surface area contributed by atoms with Crippen molar-refractivity contribution in [1.29, 1.82) is 0 Å². The Labute approximate surface area is 174 Å². The molecule has 1 heterocycles. The first kappa shape index (κ1) is 20.1. The van der Waals surface area contributed by atoms with Gasteiger partial charge in [-0.3, -0.25) is 4.72 Å². The molecule has 8 nitrogen and oxygen atoms in total. The van der Waals surface area contributed by atoms with Crippen LogP contribution in [-0.4, -0.2) is 22.7 Å². The summed E-state index contributed by atoms with van der Waals surface area (Å²) in [4.78, 5) is -0.0412. The number of primary sulfonamides is 1. The molecule has 0 radical (unpaired) electrons. The van der Waals surface area contributed by atoms with E-state index in [1.165, 1.54) is 24.3 Å². The number of rotatable bonds is 4. The van der Waals surface area contributed by atoms with Gasteiger partial charge in [-0.05, 0) is 40.6 Å². The number of allylic oxidation sites excluding steroid dienone is 1. The van der Waals surface area contributed by atoms with Gasteiger partial charge in [-0.2, -0.15) is 8.42 Å². The summed E-state index contributed by atoms with van der Waals surface area (Å²) in [5, 5.41) is 10.1. The van der Waals surface area contributed by atoms with E-state index >= 15 is 0 Å². The molecule has 4 rings (SSSR count). The maximum atomic E-state index is 12.2. The van der Waals surface area contributed by atoms with Crippen LogP contribution >= 0.6 is 0 Å². The van der Waals surface area contributed by atoms with Crippen molar-refractivity contribution in [3.8, 4) is 0 Å². The number of amidine groups is 1. The van der Waals surface area contributed by atoms with Crippen molar-refractivity contribution in [2.45, 2.75) is 11.3 Å². The third-order valence-corrected chi connectivity index (χ3v) is 6.34. The molecule has 1 aliphatic heterocycles. The van der Waals surface area contributed by atoms with Crippen LogP contribution in [-0.2, 0) is 26.7 Å². The molecule has 3 aromatic rings. The van der Waals surface area contributed by atoms with Crippen LogP contribution in [0.5, 0.6) is 0 Å². The fraction of sp³-hybridized carbons (Fsp3) is 0.0500. The van der Waals surface area contributed by atoms with Crippen molar-refractivity contribution in [1.82, 2.24) is 4.72 Å². The van der Waals surface area contributed by atoms with E-state index in [0.29, 0.717) is 17.8 Å². The molecule has 0 aromatic heterocycles. The molecule has 0 saturated carbocycles. The lowest BCUT2D eigenvalue weighted by molar-refractivity contribution is 0.588. The van der Waals surface area contributed by atoms with Gasteiger partial charge in [-0.15, -0.1) is 4.40 Å². The number of nitrogens with one attached hydrogen (secondary N) is 2. The molecular formula is C20H18N4O4S2. The van der Waals surface area contributed by atoms with Crippen molar-refractivity contribution < 1.29 is 16.8 Å². The first-order valence-corrected chi connectivity index (χ1v) is 11.9. The van der Waals surface area contributed by atoms with Crippen LogP contribution in [0, 0.1) is 0 Å². The number of benzene rings is 3. The molecule has 0 fully saturated rings. The molecule has 154 valence electrons. The number of nitrogens with zero attached hydrogens (tertiary/aromatic N) is 1. The van der Waals surface area contributed by atoms with Crippen molar-refractivity contribution in [2.24, 2.45) is 9.54 Å². The topological polar surface area (TPSA) is 131 Å². The molecule has 0 spiro atoms. The first-order chi connectivity index (χ1) is 14.2. The van der Waals surface area contributed by atoms with Gasteiger partial charge in [0.05, 0.1) is 4.90 Å². The maximum absolute atomic E-state index is 12.2. The quantitative estimate of drug-likeness (QED) is 0.570. The monoisotopic (exact) mass is 442 g/mol. The lowest BCUT2D eigenvalue weighted by Crippen LogP contribution is -2.30. The fourth-order valence-corrected chi connectivity index (χ4v) is 4.51. The molecule has 1 aliphatic rings. The third-order valence-electron chi connectivity index (χ3n) is 4.45. The summed E-state index contributed by atoms with van der Waals surface area (Å²) in [5.41, 5.74) is 1.88. The molecule has 0 aliphatic carbocycles. The molecule has 4 N–H and O–H groups in total. The minimum absolute atomic E-state index is 0.0412. The Bertz CT molecular complexity index is 1390. The summed E-state index contributed by atoms with van der Waals surface area (Å²) in [5.74, 6) is 0.118. The molecule has 0 atom stereocenters. The molecule has 0 amide bonds. The Morgan fingerprint density at radius 3 is 2.37 bits per heavy atom. The first-order valence-electron chi connectivity index (χ1n) is 8.89. The minimum atomic E-state index is -3.90. The number of fused-ring (bicyclic) bond motifs is 1. The summed E-state index contributed by atoms with van der Waals surface area (Å²) < 4.78 is 53.2. The zero-order valence-electron chi connectivity index (χ0n) is 15.6. The molecule has 30 heavy (non-hydrogen) atoms. The van der Waals surface area contributed by atoms with Gasteiger partial charge in [0.15, 0.2) is 0 Å². The fourth-order valence-electron chi connectivity index (χ4n) is 3.13. The van der Waals surface area contributed by atoms with Gasteiger partial charge in [0, 0.05) is 23.9 Å². The number of sulfonamides is 1. The van der Waals surface area contributed by atoms with Crippen LogP contribution in [0.4, 0.5) is 5.69 Å². The highest BCUT2D eigenvalue weighted by atomic mass is 32.2. The number of hydrogen-bond donors (Lipinski definition) is 3. The molecule has 0 bridgehead atoms. The highest BCUT2D eigenvalue weighted by Crippen LogP contribution is 2.19. The normalized spacial score (nSPS) is 15.8. The summed E-state index contributed by atoms with van der Waals surface area (Å²) in [7, 11) is -7.71. The third kappa shape index (κ3) is 4.67. The molecule has 0 saturated heterocycles. The Morgan fingerprint density at radius 2 is 1.67 bits per heavy atom. The summed E-state index contributed by atoms with van der Waals surface area (Å²) in [6, 6.07) is 19.5. The smallest absolute Gasteiger partial charge is 0.339 e. The molecule has 3 aromatic carbocycles. The SMILES string of the molecule is NS(=O)(=O)c1ccc(NC2=NS(=O)(=O)NC(Cc3ccc4ccccc4c3)=C2)cc1. The van der Waals surface area contributed by atoms with Crippen molar-refractivity contribution in [3.05, 3.63) is 84.1 Å². The van der Waals surface area contributed by atoms with Crippen LogP contribution in [0.3, 0.4) is 0 Å². The van der Waals surface area contributed by atoms with E-state index in [1.807, 2.05) is 42.5 Å². The Balaban J connectivity index is 1.58. The van der Waals surface area contributed by atoms with Crippen LogP contribution in [0.1, 0.15) is 5.56 Å². The lowest BCUT2D eigenvalue weighted by atomic mass is 10.0. The van der Waals surface area contributed by atoms with Gasteiger partial charge >= 0.3 is 10.2 Å². The van der Waals surface area contributed by atoms with Gasteiger partial charge in [-0.25, -0.2) is 13.6 Å². The van der Waals surface area contributed by atoms with E-state index in [1.54, 1.807) is 6.08 Å². The van der Waals surface area contributed by atoms with Gasteiger partial charge in [0.2, 0.25) is 10.0 Å². The van der Waals surface area contributed by atoms with Gasteiger partial charge < -0.3 is 5.32 Å². The van der Waals surface area contributed by atoms with E-state index in [0.717, 1.165) is 16.3 Å². The molecular weight excluding hydrogens is 424 g/mol. The lowest BCUT2D eigenvalue weighted by Gasteiger charge is -2.17. The van der Waals surface area contributed by atoms with Gasteiger partial charge in [0.25, 0.3) is 0 Å². The zero-order chi connectivity index (χ0) is 21.4. The number of anilines is 1. The second-order valence-electron chi connectivity index (χ2n) is 6.78. The van der Waals surface area contributed by atoms with Crippen molar-refractivity contribution in [3.63, 3.8) is 0 Å². The van der Waals surface area contributed by atoms with E-state index in [-0.39, 0.29) is 10.7 Å². The van der Waals surface area contributed by atoms with Crippen molar-refractivity contribution in [2.75, 3.05) is 5.32 Å². The van der Waals surface area contributed by atoms with Crippen LogP contribution < -0.4 is 15.2 Å². The zero-order valence-corrected chi connectivity index (χ0v) is 17.2. The average Bonchev–Trinajstić information content (AvgIpc) is 2.66. The Kier molecular flexibility index (Phi) is 5.06. The summed E-state index contributed by atoms with van der Waals surface area (Å²) >= 11 is 0. The largest absolute Gasteiger partial charge is 0.343 e. The summed E-state index contributed by atoms with van der Waals surface area (Å²) in [6.45, 7) is 0. The second-order valence-corrected chi connectivity index (χ2v) is 9.67. The van der Waals surface area contributed by atoms with E-state index in [4.69, 9.17) is 5.14 Å². The molecule has 10 heteroatoms. The summed E-state index contributed by atoms with van der Waals surface area (Å²) in [6.07, 6.45) is 1.97. The predicted octanol–water partition coefficient (Wildman–Crippen LogP) is 2.27. The highest BCUT2D eigenvalue weighted by Gasteiger charge is 2.19. The predicted molar refractivity (Wildman–Crippen MR) is 117 cm³/mol. The molecule has 0 unspecified atom stereocenters. The standard InChI is InChI=1S/C20H18N4O4S2/c21-29(25,26)19-9-7-17(8-10-19)22-20-13-18(23-30(27,28)24-20)12-14-5-6-15-3-1-2-4-16(15)11-14/h1-11,13,23H,12H2,(H,22,24)(H2,21,25,26). The van der Waals surface area contributed by atoms with E-state index < -0.39 is 20.2 Å². The van der Waals surface area contributed by atoms with E-state index in [9.17, 15) is 16.8 Å². The van der Waals surface area contributed by atoms with Crippen LogP contribution in [0.25, 0.3) is 10.8 Å². The maximum Gasteiger partial charge on any atom is 0.343 e. The Hall–Kier alpha value is -3.21. The number of hydrogen-bond acceptors (Lipinski definition) is 5. The van der Waals surface area contributed by atoms with Gasteiger partial charge in [-0.1, -0.05) is 42.5 Å². The number of nitrogens with two attached hydrogens (primary N) is 1. The highest BCUT2D eigenvalue weighted by molar-refractivity contribution is 7.89. The van der Waals surface area contributed by atoms with E-state index in [2.05, 4.69) is 14.4 Å². The minimum Gasteiger partial charge on any atom is -0.339 e. The van der Waals surface area contributed by atoms with Crippen molar-refractivity contribution >= 4 is 42.5 Å². The average molecular weight is 443 g/mol. The van der Waals surface area contributed by atoms with Crippen LogP contribution in [0.15, 0.2) is 87.8 Å².